The van der Waals surface area contributed by atoms with Gasteiger partial charge in [0.15, 0.2) is 0 Å². The van der Waals surface area contributed by atoms with Gasteiger partial charge < -0.3 is 15.7 Å². The number of aliphatic hydroxyl groups excluding tert-OH is 1. The first kappa shape index (κ1) is 15.0. The van der Waals surface area contributed by atoms with Gasteiger partial charge in [-0.1, -0.05) is 30.3 Å². The molecule has 1 aliphatic rings. The average Bonchev–Trinajstić information content (AvgIpc) is 3.26. The SMILES string of the molecule is CC(O)CC(CNC(=O)CNC1CC1)c1ccccc1. The molecule has 0 bridgehead atoms. The number of aliphatic hydroxyl groups is 1. The standard InChI is InChI=1S/C16H24N2O2/c1-12(19)9-14(13-5-3-2-4-6-13)10-18-16(20)11-17-15-7-8-15/h2-6,12,14-15,17,19H,7-11H2,1H3,(H,18,20). The normalized spacial score (nSPS) is 17.5. The number of rotatable bonds is 8. The van der Waals surface area contributed by atoms with Crippen LogP contribution >= 0.6 is 0 Å². The van der Waals surface area contributed by atoms with Crippen molar-refractivity contribution in [1.29, 1.82) is 0 Å². The van der Waals surface area contributed by atoms with E-state index in [0.29, 0.717) is 25.6 Å². The largest absolute Gasteiger partial charge is 0.393 e. The van der Waals surface area contributed by atoms with Crippen LogP contribution in [0.5, 0.6) is 0 Å². The van der Waals surface area contributed by atoms with E-state index in [1.165, 1.54) is 12.8 Å². The van der Waals surface area contributed by atoms with Crippen molar-refractivity contribution in [2.75, 3.05) is 13.1 Å². The molecule has 0 radical (unpaired) electrons. The van der Waals surface area contributed by atoms with E-state index < -0.39 is 0 Å². The predicted molar refractivity (Wildman–Crippen MR) is 79.5 cm³/mol. The molecular formula is C16H24N2O2. The van der Waals surface area contributed by atoms with Crippen molar-refractivity contribution >= 4 is 5.91 Å². The minimum atomic E-state index is -0.373. The Bertz CT molecular complexity index is 416. The molecule has 3 N–H and O–H groups in total. The summed E-state index contributed by atoms with van der Waals surface area (Å²) in [5, 5.41) is 15.8. The maximum atomic E-state index is 11.8. The number of hydrogen-bond acceptors (Lipinski definition) is 3. The monoisotopic (exact) mass is 276 g/mol. The highest BCUT2D eigenvalue weighted by atomic mass is 16.3. The maximum absolute atomic E-state index is 11.8. The first-order valence-electron chi connectivity index (χ1n) is 7.38. The number of carbonyl (C=O) groups excluding carboxylic acids is 1. The van der Waals surface area contributed by atoms with E-state index in [9.17, 15) is 9.90 Å². The molecule has 2 unspecified atom stereocenters. The summed E-state index contributed by atoms with van der Waals surface area (Å²) in [6.07, 6.45) is 2.64. The van der Waals surface area contributed by atoms with Gasteiger partial charge in [-0.05, 0) is 31.7 Å². The number of nitrogens with one attached hydrogen (secondary N) is 2. The van der Waals surface area contributed by atoms with Crippen LogP contribution in [-0.2, 0) is 4.79 Å². The van der Waals surface area contributed by atoms with Gasteiger partial charge in [-0.2, -0.15) is 0 Å². The zero-order valence-corrected chi connectivity index (χ0v) is 12.0. The second-order valence-corrected chi connectivity index (χ2v) is 5.65. The number of amides is 1. The second kappa shape index (κ2) is 7.41. The second-order valence-electron chi connectivity index (χ2n) is 5.65. The van der Waals surface area contributed by atoms with Crippen LogP contribution < -0.4 is 10.6 Å². The van der Waals surface area contributed by atoms with Crippen LogP contribution in [0, 0.1) is 0 Å². The van der Waals surface area contributed by atoms with E-state index in [2.05, 4.69) is 10.6 Å². The smallest absolute Gasteiger partial charge is 0.233 e. The highest BCUT2D eigenvalue weighted by molar-refractivity contribution is 5.78. The molecule has 1 fully saturated rings. The summed E-state index contributed by atoms with van der Waals surface area (Å²) < 4.78 is 0. The Morgan fingerprint density at radius 3 is 2.65 bits per heavy atom. The first-order chi connectivity index (χ1) is 9.65. The average molecular weight is 276 g/mol. The summed E-state index contributed by atoms with van der Waals surface area (Å²) >= 11 is 0. The highest BCUT2D eigenvalue weighted by Crippen LogP contribution is 2.20. The summed E-state index contributed by atoms with van der Waals surface area (Å²) in [4.78, 5) is 11.8. The lowest BCUT2D eigenvalue weighted by molar-refractivity contribution is -0.120. The lowest BCUT2D eigenvalue weighted by Crippen LogP contribution is -2.37. The topological polar surface area (TPSA) is 61.4 Å². The summed E-state index contributed by atoms with van der Waals surface area (Å²) in [5.41, 5.74) is 1.16. The third-order valence-electron chi connectivity index (χ3n) is 3.57. The van der Waals surface area contributed by atoms with Gasteiger partial charge in [0.05, 0.1) is 12.6 Å². The molecule has 2 rings (SSSR count). The summed E-state index contributed by atoms with van der Waals surface area (Å²) in [5.74, 6) is 0.185. The van der Waals surface area contributed by atoms with Gasteiger partial charge >= 0.3 is 0 Å². The van der Waals surface area contributed by atoms with Crippen molar-refractivity contribution in [2.24, 2.45) is 0 Å². The number of hydrogen-bond donors (Lipinski definition) is 3. The maximum Gasteiger partial charge on any atom is 0.233 e. The Balaban J connectivity index is 1.82. The molecule has 1 aromatic rings. The van der Waals surface area contributed by atoms with Crippen molar-refractivity contribution < 1.29 is 9.90 Å². The third-order valence-corrected chi connectivity index (χ3v) is 3.57. The molecule has 4 heteroatoms. The van der Waals surface area contributed by atoms with Crippen LogP contribution in [0.3, 0.4) is 0 Å². The van der Waals surface area contributed by atoms with Gasteiger partial charge in [0.2, 0.25) is 5.91 Å². The molecule has 110 valence electrons. The summed E-state index contributed by atoms with van der Waals surface area (Å²) in [7, 11) is 0. The van der Waals surface area contributed by atoms with Gasteiger partial charge in [-0.15, -0.1) is 0 Å². The van der Waals surface area contributed by atoms with Crippen molar-refractivity contribution in [3.05, 3.63) is 35.9 Å². The Labute approximate surface area is 120 Å². The molecule has 2 atom stereocenters. The molecule has 0 aliphatic heterocycles. The molecule has 0 heterocycles. The Morgan fingerprint density at radius 2 is 2.05 bits per heavy atom. The van der Waals surface area contributed by atoms with Crippen LogP contribution in [0.4, 0.5) is 0 Å². The highest BCUT2D eigenvalue weighted by Gasteiger charge is 2.21. The van der Waals surface area contributed by atoms with Gasteiger partial charge in [0, 0.05) is 18.5 Å². The van der Waals surface area contributed by atoms with Crippen LogP contribution in [0.25, 0.3) is 0 Å². The zero-order chi connectivity index (χ0) is 14.4. The van der Waals surface area contributed by atoms with Crippen molar-refractivity contribution in [2.45, 2.75) is 44.2 Å². The molecule has 1 aromatic carbocycles. The fourth-order valence-corrected chi connectivity index (χ4v) is 2.30. The first-order valence-corrected chi connectivity index (χ1v) is 7.38. The molecule has 0 spiro atoms. The van der Waals surface area contributed by atoms with Crippen LogP contribution in [0.1, 0.15) is 37.7 Å². The van der Waals surface area contributed by atoms with E-state index in [0.717, 1.165) is 5.56 Å². The Kier molecular flexibility index (Phi) is 5.56. The van der Waals surface area contributed by atoms with Gasteiger partial charge in [-0.3, -0.25) is 4.79 Å². The van der Waals surface area contributed by atoms with Crippen LogP contribution in [0.15, 0.2) is 30.3 Å². The molecule has 1 aliphatic carbocycles. The minimum Gasteiger partial charge on any atom is -0.393 e. The van der Waals surface area contributed by atoms with E-state index in [4.69, 9.17) is 0 Å². The molecule has 1 saturated carbocycles. The fraction of sp³-hybridized carbons (Fsp3) is 0.562. The quantitative estimate of drug-likeness (QED) is 0.673. The van der Waals surface area contributed by atoms with Crippen LogP contribution in [-0.4, -0.2) is 36.2 Å². The number of carbonyl (C=O) groups is 1. The molecule has 1 amide bonds. The third kappa shape index (κ3) is 5.31. The molecular weight excluding hydrogens is 252 g/mol. The van der Waals surface area contributed by atoms with E-state index >= 15 is 0 Å². The predicted octanol–water partition coefficient (Wildman–Crippen LogP) is 1.41. The minimum absolute atomic E-state index is 0.0309. The summed E-state index contributed by atoms with van der Waals surface area (Å²) in [6.45, 7) is 2.74. The molecule has 0 saturated heterocycles. The van der Waals surface area contributed by atoms with E-state index in [1.807, 2.05) is 30.3 Å². The fourth-order valence-electron chi connectivity index (χ4n) is 2.30. The van der Waals surface area contributed by atoms with Crippen molar-refractivity contribution in [3.8, 4) is 0 Å². The van der Waals surface area contributed by atoms with E-state index in [-0.39, 0.29) is 17.9 Å². The zero-order valence-electron chi connectivity index (χ0n) is 12.0. The van der Waals surface area contributed by atoms with Gasteiger partial charge in [0.1, 0.15) is 0 Å². The Hall–Kier alpha value is -1.39. The Morgan fingerprint density at radius 1 is 1.35 bits per heavy atom. The number of benzene rings is 1. The molecule has 4 nitrogen and oxygen atoms in total. The lowest BCUT2D eigenvalue weighted by atomic mass is 9.93. The van der Waals surface area contributed by atoms with Crippen molar-refractivity contribution in [1.82, 2.24) is 10.6 Å². The van der Waals surface area contributed by atoms with E-state index in [1.54, 1.807) is 6.92 Å². The lowest BCUT2D eigenvalue weighted by Gasteiger charge is -2.19. The van der Waals surface area contributed by atoms with Gasteiger partial charge in [-0.25, -0.2) is 0 Å². The van der Waals surface area contributed by atoms with Crippen LogP contribution in [0.2, 0.25) is 0 Å². The molecule has 20 heavy (non-hydrogen) atoms. The van der Waals surface area contributed by atoms with Crippen molar-refractivity contribution in [3.63, 3.8) is 0 Å². The molecule has 0 aromatic heterocycles. The van der Waals surface area contributed by atoms with Gasteiger partial charge in [0.25, 0.3) is 0 Å². The summed E-state index contributed by atoms with van der Waals surface area (Å²) in [6, 6.07) is 10.6.